The van der Waals surface area contributed by atoms with Crippen molar-refractivity contribution in [3.8, 4) is 0 Å². The molecule has 23 heavy (non-hydrogen) atoms. The molecule has 7 heteroatoms. The van der Waals surface area contributed by atoms with E-state index in [1.807, 2.05) is 0 Å². The molecule has 0 aliphatic heterocycles. The number of methoxy groups -OCH3 is 1. The van der Waals surface area contributed by atoms with Crippen LogP contribution in [0.5, 0.6) is 0 Å². The van der Waals surface area contributed by atoms with Gasteiger partial charge in [-0.1, -0.05) is 0 Å². The maximum absolute atomic E-state index is 12.4. The molecule has 0 fully saturated rings. The van der Waals surface area contributed by atoms with E-state index in [-0.39, 0.29) is 24.9 Å². The van der Waals surface area contributed by atoms with E-state index in [1.165, 1.54) is 11.8 Å². The third-order valence-corrected chi connectivity index (χ3v) is 3.00. The van der Waals surface area contributed by atoms with Crippen LogP contribution in [0.25, 0.3) is 0 Å². The number of carbonyl (C=O) groups is 2. The summed E-state index contributed by atoms with van der Waals surface area (Å²) in [6, 6.07) is 1.79. The third kappa shape index (κ3) is 5.12. The lowest BCUT2D eigenvalue weighted by atomic mass is 10.2. The molecule has 0 aliphatic carbocycles. The van der Waals surface area contributed by atoms with Crippen molar-refractivity contribution in [2.75, 3.05) is 13.7 Å². The fraction of sp³-hybridized carbons (Fsp3) is 0.562. The zero-order valence-corrected chi connectivity index (χ0v) is 14.5. The van der Waals surface area contributed by atoms with Gasteiger partial charge < -0.3 is 14.2 Å². The maximum Gasteiger partial charge on any atom is 0.348 e. The highest BCUT2D eigenvalue weighted by molar-refractivity contribution is 5.86. The Morgan fingerprint density at radius 2 is 1.96 bits per heavy atom. The van der Waals surface area contributed by atoms with Gasteiger partial charge in [0.2, 0.25) is 6.10 Å². The Balaban J connectivity index is 2.96. The van der Waals surface area contributed by atoms with Crippen LogP contribution in [0.15, 0.2) is 17.6 Å². The van der Waals surface area contributed by atoms with E-state index < -0.39 is 12.1 Å². The van der Waals surface area contributed by atoms with Gasteiger partial charge in [0.15, 0.2) is 0 Å². The largest absolute Gasteiger partial charge is 0.469 e. The second-order valence-corrected chi connectivity index (χ2v) is 5.29. The molecule has 0 amide bonds. The van der Waals surface area contributed by atoms with E-state index in [9.17, 15) is 9.59 Å². The second kappa shape index (κ2) is 8.36. The fourth-order valence-electron chi connectivity index (χ4n) is 2.03. The Kier molecular flexibility index (Phi) is 6.81. The summed E-state index contributed by atoms with van der Waals surface area (Å²) in [6.45, 7) is 9.02. The fourth-order valence-corrected chi connectivity index (χ4v) is 2.03. The topological polar surface area (TPSA) is 79.7 Å². The first-order chi connectivity index (χ1) is 10.8. The molecule has 1 rings (SSSR count). The van der Waals surface area contributed by atoms with Crippen LogP contribution in [0.3, 0.4) is 0 Å². The first kappa shape index (κ1) is 18.7. The summed E-state index contributed by atoms with van der Waals surface area (Å²) in [7, 11) is 1.44. The Morgan fingerprint density at radius 1 is 1.30 bits per heavy atom. The Hall–Kier alpha value is -2.31. The summed E-state index contributed by atoms with van der Waals surface area (Å²) >= 11 is 0. The van der Waals surface area contributed by atoms with Gasteiger partial charge in [0.25, 0.3) is 11.9 Å². The molecule has 0 radical (unpaired) electrons. The average Bonchev–Trinajstić information content (AvgIpc) is 2.81. The summed E-state index contributed by atoms with van der Waals surface area (Å²) in [4.78, 5) is 24.5. The van der Waals surface area contributed by atoms with E-state index in [0.29, 0.717) is 5.69 Å². The molecule has 0 spiro atoms. The molecule has 128 valence electrons. The first-order valence-electron chi connectivity index (χ1n) is 7.41. The average molecular weight is 324 g/mol. The highest BCUT2D eigenvalue weighted by Crippen LogP contribution is 2.15. The molecule has 1 aromatic heterocycles. The van der Waals surface area contributed by atoms with Crippen molar-refractivity contribution in [3.05, 3.63) is 29.0 Å². The predicted octanol–water partition coefficient (Wildman–Crippen LogP) is 2.38. The lowest BCUT2D eigenvalue weighted by Crippen LogP contribution is -2.32. The molecule has 0 aliphatic rings. The summed E-state index contributed by atoms with van der Waals surface area (Å²) in [6.07, 6.45) is -1.28. The van der Waals surface area contributed by atoms with Crippen molar-refractivity contribution in [2.45, 2.75) is 47.1 Å². The normalized spacial score (nSPS) is 11.6. The first-order valence-corrected chi connectivity index (χ1v) is 7.41. The van der Waals surface area contributed by atoms with Crippen LogP contribution >= 0.6 is 0 Å². The number of carbonyl (C=O) groups excluding carboxylic acids is 2. The number of hydrogen-bond acceptors (Lipinski definition) is 6. The van der Waals surface area contributed by atoms with Gasteiger partial charge in [-0.15, -0.1) is 0 Å². The number of hydrogen-bond donors (Lipinski definition) is 0. The molecule has 1 atom stereocenters. The molecule has 1 heterocycles. The summed E-state index contributed by atoms with van der Waals surface area (Å²) < 4.78 is 16.9. The molecular formula is C16H24N2O5. The van der Waals surface area contributed by atoms with E-state index in [1.54, 1.807) is 40.7 Å². The number of aryl methyl sites for hydroxylation is 2. The van der Waals surface area contributed by atoms with Crippen LogP contribution in [-0.4, -0.2) is 41.5 Å². The van der Waals surface area contributed by atoms with Gasteiger partial charge in [-0.2, -0.15) is 5.10 Å². The molecule has 0 aromatic carbocycles. The summed E-state index contributed by atoms with van der Waals surface area (Å²) in [5, 5.41) is 4.12. The van der Waals surface area contributed by atoms with Crippen molar-refractivity contribution >= 4 is 11.9 Å². The molecule has 0 saturated carbocycles. The zero-order valence-electron chi connectivity index (χ0n) is 14.5. The molecule has 0 bridgehead atoms. The maximum atomic E-state index is 12.4. The standard InChI is InChI=1S/C16H24N2O5/c1-7-22-15(20)13(23-16(21-6)10(2)3)9-14(19)18-12(5)8-11(4)17-18/h8,13H,7,9H2,1-6H3/t13-/m1/s1. The smallest absolute Gasteiger partial charge is 0.348 e. The Labute approximate surface area is 136 Å². The summed E-state index contributed by atoms with van der Waals surface area (Å²) in [5.74, 6) is -0.764. The number of ether oxygens (including phenoxy) is 3. The van der Waals surface area contributed by atoms with Crippen LogP contribution < -0.4 is 0 Å². The van der Waals surface area contributed by atoms with Crippen LogP contribution in [0, 0.1) is 13.8 Å². The van der Waals surface area contributed by atoms with Crippen LogP contribution in [-0.2, 0) is 19.0 Å². The van der Waals surface area contributed by atoms with Gasteiger partial charge >= 0.3 is 5.97 Å². The number of rotatable bonds is 7. The lowest BCUT2D eigenvalue weighted by Gasteiger charge is -2.19. The minimum atomic E-state index is -1.09. The minimum absolute atomic E-state index is 0.194. The molecule has 0 N–H and O–H groups in total. The van der Waals surface area contributed by atoms with Gasteiger partial charge in [-0.3, -0.25) is 4.79 Å². The van der Waals surface area contributed by atoms with Gasteiger partial charge in [0.05, 0.1) is 25.8 Å². The van der Waals surface area contributed by atoms with Crippen LogP contribution in [0.4, 0.5) is 0 Å². The lowest BCUT2D eigenvalue weighted by molar-refractivity contribution is -0.157. The van der Waals surface area contributed by atoms with E-state index in [2.05, 4.69) is 5.10 Å². The number of allylic oxidation sites excluding steroid dienone is 1. The van der Waals surface area contributed by atoms with Crippen molar-refractivity contribution in [1.82, 2.24) is 9.78 Å². The number of esters is 1. The number of aromatic nitrogens is 2. The van der Waals surface area contributed by atoms with E-state index in [0.717, 1.165) is 11.3 Å². The highest BCUT2D eigenvalue weighted by Gasteiger charge is 2.28. The van der Waals surface area contributed by atoms with Gasteiger partial charge in [0.1, 0.15) is 0 Å². The second-order valence-electron chi connectivity index (χ2n) is 5.29. The van der Waals surface area contributed by atoms with Gasteiger partial charge in [-0.25, -0.2) is 9.48 Å². The Bertz CT molecular complexity index is 600. The van der Waals surface area contributed by atoms with Crippen LogP contribution in [0.1, 0.15) is 43.4 Å². The van der Waals surface area contributed by atoms with Crippen molar-refractivity contribution in [3.63, 3.8) is 0 Å². The number of nitrogens with zero attached hydrogens (tertiary/aromatic N) is 2. The summed E-state index contributed by atoms with van der Waals surface area (Å²) in [5.41, 5.74) is 2.18. The SMILES string of the molecule is CCOC(=O)[C@@H](CC(=O)n1nc(C)cc1C)OC(OC)=C(C)C. The van der Waals surface area contributed by atoms with Crippen molar-refractivity contribution in [1.29, 1.82) is 0 Å². The van der Waals surface area contributed by atoms with E-state index >= 15 is 0 Å². The Morgan fingerprint density at radius 3 is 2.39 bits per heavy atom. The van der Waals surface area contributed by atoms with Crippen molar-refractivity contribution in [2.24, 2.45) is 0 Å². The van der Waals surface area contributed by atoms with Crippen molar-refractivity contribution < 1.29 is 23.8 Å². The zero-order chi connectivity index (χ0) is 17.6. The predicted molar refractivity (Wildman–Crippen MR) is 83.8 cm³/mol. The molecule has 0 saturated heterocycles. The minimum Gasteiger partial charge on any atom is -0.469 e. The van der Waals surface area contributed by atoms with E-state index in [4.69, 9.17) is 14.2 Å². The monoisotopic (exact) mass is 324 g/mol. The van der Waals surface area contributed by atoms with Gasteiger partial charge in [-0.05, 0) is 40.7 Å². The molecule has 1 aromatic rings. The van der Waals surface area contributed by atoms with Crippen LogP contribution in [0.2, 0.25) is 0 Å². The third-order valence-electron chi connectivity index (χ3n) is 3.00. The highest BCUT2D eigenvalue weighted by atomic mass is 16.7. The molecule has 0 unspecified atom stereocenters. The molecule has 7 nitrogen and oxygen atoms in total. The quantitative estimate of drug-likeness (QED) is 0.566. The molecular weight excluding hydrogens is 300 g/mol. The van der Waals surface area contributed by atoms with Gasteiger partial charge in [0, 0.05) is 11.3 Å².